The third-order valence-electron chi connectivity index (χ3n) is 4.92. The van der Waals surface area contributed by atoms with E-state index in [2.05, 4.69) is 15.1 Å². The number of hydrogen-bond donors (Lipinski definition) is 1. The molecule has 0 aliphatic carbocycles. The van der Waals surface area contributed by atoms with Crippen LogP contribution in [0.4, 0.5) is 5.69 Å². The van der Waals surface area contributed by atoms with Crippen LogP contribution in [-0.4, -0.2) is 47.2 Å². The van der Waals surface area contributed by atoms with Crippen molar-refractivity contribution in [2.75, 3.05) is 31.1 Å². The van der Waals surface area contributed by atoms with Crippen LogP contribution in [0.2, 0.25) is 5.02 Å². The summed E-state index contributed by atoms with van der Waals surface area (Å²) in [6.07, 6.45) is 0.170. The van der Waals surface area contributed by atoms with E-state index >= 15 is 0 Å². The summed E-state index contributed by atoms with van der Waals surface area (Å²) in [5.74, 6) is 0.0125. The van der Waals surface area contributed by atoms with E-state index in [0.717, 1.165) is 29.2 Å². The number of amides is 1. The Hall–Kier alpha value is -2.86. The molecule has 2 heterocycles. The second-order valence-electron chi connectivity index (χ2n) is 6.54. The van der Waals surface area contributed by atoms with Gasteiger partial charge in [-0.25, -0.2) is 5.10 Å². The Labute approximate surface area is 161 Å². The molecule has 3 aromatic rings. The number of aromatic amines is 1. The highest BCUT2D eigenvalue weighted by molar-refractivity contribution is 6.33. The van der Waals surface area contributed by atoms with E-state index in [1.54, 1.807) is 12.1 Å². The van der Waals surface area contributed by atoms with Gasteiger partial charge in [0.05, 0.1) is 28.2 Å². The lowest BCUT2D eigenvalue weighted by Crippen LogP contribution is -2.49. The monoisotopic (exact) mass is 382 g/mol. The molecule has 138 valence electrons. The fraction of sp³-hybridized carbons (Fsp3) is 0.250. The molecule has 1 N–H and O–H groups in total. The van der Waals surface area contributed by atoms with Gasteiger partial charge < -0.3 is 9.80 Å². The molecule has 4 rings (SSSR count). The maximum Gasteiger partial charge on any atom is 0.272 e. The minimum Gasteiger partial charge on any atom is -0.367 e. The lowest BCUT2D eigenvalue weighted by atomic mass is 10.1. The molecule has 1 saturated heterocycles. The Kier molecular flexibility index (Phi) is 4.81. The number of nitrogens with one attached hydrogen (secondary N) is 1. The summed E-state index contributed by atoms with van der Waals surface area (Å²) in [5.41, 5.74) is 1.36. The van der Waals surface area contributed by atoms with E-state index in [1.807, 2.05) is 41.3 Å². The highest BCUT2D eigenvalue weighted by atomic mass is 35.5. The first-order valence-electron chi connectivity index (χ1n) is 8.87. The number of nitrogens with zero attached hydrogens (tertiary/aromatic N) is 3. The molecule has 7 heteroatoms. The van der Waals surface area contributed by atoms with Crippen LogP contribution in [-0.2, 0) is 11.2 Å². The van der Waals surface area contributed by atoms with Crippen molar-refractivity contribution in [1.29, 1.82) is 0 Å². The average molecular weight is 383 g/mol. The molecule has 0 spiro atoms. The van der Waals surface area contributed by atoms with Gasteiger partial charge in [-0.2, -0.15) is 5.10 Å². The molecule has 0 unspecified atom stereocenters. The Balaban J connectivity index is 1.46. The summed E-state index contributed by atoms with van der Waals surface area (Å²) in [6.45, 7) is 2.72. The third kappa shape index (κ3) is 3.53. The molecule has 0 atom stereocenters. The van der Waals surface area contributed by atoms with Crippen molar-refractivity contribution in [2.24, 2.45) is 0 Å². The van der Waals surface area contributed by atoms with Gasteiger partial charge >= 0.3 is 0 Å². The second kappa shape index (κ2) is 7.40. The van der Waals surface area contributed by atoms with Gasteiger partial charge in [0.25, 0.3) is 5.56 Å². The smallest absolute Gasteiger partial charge is 0.272 e. The number of carbonyl (C=O) groups is 1. The fourth-order valence-corrected chi connectivity index (χ4v) is 3.72. The number of piperazine rings is 1. The van der Waals surface area contributed by atoms with Crippen molar-refractivity contribution < 1.29 is 4.79 Å². The number of halogens is 1. The number of hydrogen-bond acceptors (Lipinski definition) is 4. The zero-order chi connectivity index (χ0) is 18.8. The van der Waals surface area contributed by atoms with Crippen LogP contribution < -0.4 is 10.5 Å². The molecule has 6 nitrogen and oxygen atoms in total. The molecule has 0 bridgehead atoms. The second-order valence-corrected chi connectivity index (χ2v) is 6.95. The molecule has 1 aromatic heterocycles. The van der Waals surface area contributed by atoms with Crippen LogP contribution >= 0.6 is 11.6 Å². The molecule has 1 amide bonds. The Morgan fingerprint density at radius 2 is 1.67 bits per heavy atom. The number of benzene rings is 2. The Morgan fingerprint density at radius 1 is 1.00 bits per heavy atom. The number of carbonyl (C=O) groups excluding carboxylic acids is 1. The van der Waals surface area contributed by atoms with Crippen molar-refractivity contribution >= 4 is 34.0 Å². The SMILES string of the molecule is O=C(Cc1n[nH]c(=O)c2ccccc12)N1CCN(c2ccccc2Cl)CC1. The van der Waals surface area contributed by atoms with Crippen LogP contribution in [0.3, 0.4) is 0 Å². The van der Waals surface area contributed by atoms with Crippen LogP contribution in [0.15, 0.2) is 53.3 Å². The predicted octanol–water partition coefficient (Wildman–Crippen LogP) is 2.47. The summed E-state index contributed by atoms with van der Waals surface area (Å²) in [4.78, 5) is 28.7. The number of anilines is 1. The summed E-state index contributed by atoms with van der Waals surface area (Å²) in [5, 5.41) is 8.59. The normalized spacial score (nSPS) is 14.6. The number of fused-ring (bicyclic) bond motifs is 1. The minimum atomic E-state index is -0.241. The van der Waals surface area contributed by atoms with E-state index in [9.17, 15) is 9.59 Å². The Morgan fingerprint density at radius 3 is 2.41 bits per heavy atom. The van der Waals surface area contributed by atoms with Gasteiger partial charge in [0.15, 0.2) is 0 Å². The van der Waals surface area contributed by atoms with Gasteiger partial charge in [0, 0.05) is 31.6 Å². The molecule has 1 fully saturated rings. The summed E-state index contributed by atoms with van der Waals surface area (Å²) < 4.78 is 0. The lowest BCUT2D eigenvalue weighted by Gasteiger charge is -2.36. The van der Waals surface area contributed by atoms with Gasteiger partial charge in [-0.05, 0) is 18.2 Å². The van der Waals surface area contributed by atoms with E-state index in [0.29, 0.717) is 24.2 Å². The molecule has 1 aliphatic heterocycles. The number of para-hydroxylation sites is 1. The molecule has 27 heavy (non-hydrogen) atoms. The highest BCUT2D eigenvalue weighted by Crippen LogP contribution is 2.26. The third-order valence-corrected chi connectivity index (χ3v) is 5.24. The zero-order valence-corrected chi connectivity index (χ0v) is 15.4. The van der Waals surface area contributed by atoms with Gasteiger partial charge in [-0.3, -0.25) is 9.59 Å². The Bertz CT molecular complexity index is 1040. The summed E-state index contributed by atoms with van der Waals surface area (Å²) in [6, 6.07) is 15.0. The molecule has 1 aliphatic rings. The predicted molar refractivity (Wildman–Crippen MR) is 106 cm³/mol. The van der Waals surface area contributed by atoms with Crippen LogP contribution in [0.25, 0.3) is 10.8 Å². The fourth-order valence-electron chi connectivity index (χ4n) is 3.47. The van der Waals surface area contributed by atoms with Crippen molar-refractivity contribution in [3.63, 3.8) is 0 Å². The molecular formula is C20H19ClN4O2. The zero-order valence-electron chi connectivity index (χ0n) is 14.7. The van der Waals surface area contributed by atoms with Crippen LogP contribution in [0.5, 0.6) is 0 Å². The van der Waals surface area contributed by atoms with Crippen LogP contribution in [0, 0.1) is 0 Å². The molecule has 0 radical (unpaired) electrons. The van der Waals surface area contributed by atoms with Gasteiger partial charge in [0.1, 0.15) is 0 Å². The minimum absolute atomic E-state index is 0.0125. The van der Waals surface area contributed by atoms with E-state index in [-0.39, 0.29) is 17.9 Å². The maximum atomic E-state index is 12.8. The van der Waals surface area contributed by atoms with Crippen LogP contribution in [0.1, 0.15) is 5.69 Å². The lowest BCUT2D eigenvalue weighted by molar-refractivity contribution is -0.130. The average Bonchev–Trinajstić information content (AvgIpc) is 2.71. The quantitative estimate of drug-likeness (QED) is 0.755. The van der Waals surface area contributed by atoms with Crippen molar-refractivity contribution in [3.05, 3.63) is 69.6 Å². The largest absolute Gasteiger partial charge is 0.367 e. The molecule has 0 saturated carbocycles. The summed E-state index contributed by atoms with van der Waals surface area (Å²) in [7, 11) is 0. The van der Waals surface area contributed by atoms with E-state index in [1.165, 1.54) is 0 Å². The van der Waals surface area contributed by atoms with Gasteiger partial charge in [-0.1, -0.05) is 41.9 Å². The van der Waals surface area contributed by atoms with Gasteiger partial charge in [-0.15, -0.1) is 0 Å². The van der Waals surface area contributed by atoms with E-state index < -0.39 is 0 Å². The molecular weight excluding hydrogens is 364 g/mol. The first kappa shape index (κ1) is 17.5. The first-order chi connectivity index (χ1) is 13.1. The van der Waals surface area contributed by atoms with E-state index in [4.69, 9.17) is 11.6 Å². The van der Waals surface area contributed by atoms with Gasteiger partial charge in [0.2, 0.25) is 5.91 Å². The van der Waals surface area contributed by atoms with Crippen molar-refractivity contribution in [1.82, 2.24) is 15.1 Å². The number of rotatable bonds is 3. The highest BCUT2D eigenvalue weighted by Gasteiger charge is 2.23. The van der Waals surface area contributed by atoms with Crippen molar-refractivity contribution in [3.8, 4) is 0 Å². The first-order valence-corrected chi connectivity index (χ1v) is 9.25. The molecule has 2 aromatic carbocycles. The van der Waals surface area contributed by atoms with Crippen molar-refractivity contribution in [2.45, 2.75) is 6.42 Å². The summed E-state index contributed by atoms with van der Waals surface area (Å²) >= 11 is 6.27. The number of aromatic nitrogens is 2. The maximum absolute atomic E-state index is 12.8. The topological polar surface area (TPSA) is 69.3 Å². The number of H-pyrrole nitrogens is 1. The standard InChI is InChI=1S/C20H19ClN4O2/c21-16-7-3-4-8-18(16)24-9-11-25(12-10-24)19(26)13-17-14-5-1-2-6-15(14)20(27)23-22-17/h1-8H,9-13H2,(H,23,27).